The van der Waals surface area contributed by atoms with Crippen LogP contribution in [-0.4, -0.2) is 37.1 Å². The van der Waals surface area contributed by atoms with Crippen LogP contribution in [0.1, 0.15) is 34.1 Å². The summed E-state index contributed by atoms with van der Waals surface area (Å²) in [4.78, 5) is 18.9. The van der Waals surface area contributed by atoms with Gasteiger partial charge in [0.25, 0.3) is 5.91 Å². The summed E-state index contributed by atoms with van der Waals surface area (Å²) >= 11 is 0. The number of imidazole rings is 1. The van der Waals surface area contributed by atoms with Crippen molar-refractivity contribution in [1.82, 2.24) is 24.6 Å². The van der Waals surface area contributed by atoms with Gasteiger partial charge < -0.3 is 18.6 Å². The number of H-pyrrole nitrogens is 1. The predicted octanol–water partition coefficient (Wildman–Crippen LogP) is 1.96. The van der Waals surface area contributed by atoms with Crippen LogP contribution in [0.4, 0.5) is 0 Å². The maximum absolute atomic E-state index is 12.6. The van der Waals surface area contributed by atoms with Crippen molar-refractivity contribution in [2.24, 2.45) is 0 Å². The van der Waals surface area contributed by atoms with Crippen LogP contribution in [0.3, 0.4) is 0 Å². The Kier molecular flexibility index (Phi) is 4.34. The highest BCUT2D eigenvalue weighted by molar-refractivity contribution is 5.92. The molecule has 4 rings (SSSR count). The average Bonchev–Trinajstić information content (AvgIpc) is 3.36. The van der Waals surface area contributed by atoms with Crippen LogP contribution in [0.15, 0.2) is 41.4 Å². The smallest absolute Gasteiger partial charge is 0.272 e. The van der Waals surface area contributed by atoms with Gasteiger partial charge in [-0.15, -0.1) is 0 Å². The van der Waals surface area contributed by atoms with Crippen molar-refractivity contribution in [2.75, 3.05) is 6.54 Å². The third kappa shape index (κ3) is 3.34. The fraction of sp³-hybridized carbons (Fsp3) is 0.353. The minimum Gasteiger partial charge on any atom is -0.467 e. The van der Waals surface area contributed by atoms with Gasteiger partial charge in [0, 0.05) is 19.3 Å². The van der Waals surface area contributed by atoms with E-state index in [2.05, 4.69) is 19.7 Å². The van der Waals surface area contributed by atoms with Crippen molar-refractivity contribution in [3.63, 3.8) is 0 Å². The van der Waals surface area contributed by atoms with Crippen LogP contribution in [0.2, 0.25) is 0 Å². The van der Waals surface area contributed by atoms with Crippen LogP contribution >= 0.6 is 0 Å². The molecule has 0 saturated carbocycles. The molecule has 0 atom stereocenters. The standard InChI is InChI=1S/C17H19N5O3/c23-17(14-4-5-19-20-14)21-6-2-7-22-12-18-15(16(22)9-21)11-24-10-13-3-1-8-25-13/h1,3-5,8,12H,2,6-7,9-11H2,(H,19,20). The lowest BCUT2D eigenvalue weighted by atomic mass is 10.2. The van der Waals surface area contributed by atoms with Crippen molar-refractivity contribution in [1.29, 1.82) is 0 Å². The van der Waals surface area contributed by atoms with E-state index in [1.807, 2.05) is 23.4 Å². The number of aromatic amines is 1. The van der Waals surface area contributed by atoms with E-state index >= 15 is 0 Å². The lowest BCUT2D eigenvalue weighted by Crippen LogP contribution is -2.31. The topological polar surface area (TPSA) is 89.2 Å². The van der Waals surface area contributed by atoms with E-state index in [1.54, 1.807) is 18.5 Å². The van der Waals surface area contributed by atoms with Crippen LogP contribution in [0.25, 0.3) is 0 Å². The Hall–Kier alpha value is -2.87. The van der Waals surface area contributed by atoms with Gasteiger partial charge in [-0.05, 0) is 24.6 Å². The Morgan fingerprint density at radius 1 is 1.32 bits per heavy atom. The van der Waals surface area contributed by atoms with Crippen LogP contribution in [0.5, 0.6) is 0 Å². The molecular formula is C17H19N5O3. The summed E-state index contributed by atoms with van der Waals surface area (Å²) in [6, 6.07) is 5.40. The van der Waals surface area contributed by atoms with Crippen molar-refractivity contribution in [3.05, 3.63) is 59.8 Å². The van der Waals surface area contributed by atoms with E-state index < -0.39 is 0 Å². The van der Waals surface area contributed by atoms with Gasteiger partial charge in [-0.25, -0.2) is 4.98 Å². The number of aromatic nitrogens is 4. The molecule has 8 nitrogen and oxygen atoms in total. The van der Waals surface area contributed by atoms with Gasteiger partial charge in [-0.3, -0.25) is 9.89 Å². The first-order chi connectivity index (χ1) is 12.3. The lowest BCUT2D eigenvalue weighted by Gasteiger charge is -2.19. The Labute approximate surface area is 144 Å². The molecule has 0 fully saturated rings. The fourth-order valence-corrected chi connectivity index (χ4v) is 3.00. The van der Waals surface area contributed by atoms with Gasteiger partial charge in [0.2, 0.25) is 0 Å². The highest BCUT2D eigenvalue weighted by Gasteiger charge is 2.23. The van der Waals surface area contributed by atoms with Crippen molar-refractivity contribution in [3.8, 4) is 0 Å². The lowest BCUT2D eigenvalue weighted by molar-refractivity contribution is 0.0732. The molecular weight excluding hydrogens is 322 g/mol. The molecule has 4 heterocycles. The van der Waals surface area contributed by atoms with Gasteiger partial charge in [-0.2, -0.15) is 5.10 Å². The average molecular weight is 341 g/mol. The summed E-state index contributed by atoms with van der Waals surface area (Å²) < 4.78 is 13.1. The SMILES string of the molecule is O=C(c1ccn[nH]1)N1CCCn2cnc(COCc3ccco3)c2C1. The maximum atomic E-state index is 12.6. The minimum absolute atomic E-state index is 0.0467. The zero-order valence-electron chi connectivity index (χ0n) is 13.7. The van der Waals surface area contributed by atoms with Crippen LogP contribution < -0.4 is 0 Å². The first-order valence-electron chi connectivity index (χ1n) is 8.23. The molecule has 0 radical (unpaired) electrons. The van der Waals surface area contributed by atoms with Crippen molar-refractivity contribution >= 4 is 5.91 Å². The molecule has 0 bridgehead atoms. The molecule has 25 heavy (non-hydrogen) atoms. The van der Waals surface area contributed by atoms with Gasteiger partial charge >= 0.3 is 0 Å². The maximum Gasteiger partial charge on any atom is 0.272 e. The molecule has 0 aromatic carbocycles. The normalized spacial score (nSPS) is 14.3. The number of ether oxygens (including phenoxy) is 1. The quantitative estimate of drug-likeness (QED) is 0.766. The number of fused-ring (bicyclic) bond motifs is 1. The number of furan rings is 1. The molecule has 1 amide bonds. The Bertz CT molecular complexity index is 823. The monoisotopic (exact) mass is 341 g/mol. The second kappa shape index (κ2) is 6.94. The van der Waals surface area contributed by atoms with E-state index in [0.717, 1.165) is 30.1 Å². The summed E-state index contributed by atoms with van der Waals surface area (Å²) in [5.41, 5.74) is 2.38. The Morgan fingerprint density at radius 3 is 3.08 bits per heavy atom. The molecule has 1 aliphatic rings. The molecule has 3 aromatic heterocycles. The van der Waals surface area contributed by atoms with E-state index in [4.69, 9.17) is 9.15 Å². The molecule has 8 heteroatoms. The molecule has 130 valence electrons. The van der Waals surface area contributed by atoms with Crippen molar-refractivity contribution < 1.29 is 13.9 Å². The largest absolute Gasteiger partial charge is 0.467 e. The summed E-state index contributed by atoms with van der Waals surface area (Å²) in [6.45, 7) is 2.84. The first-order valence-corrected chi connectivity index (χ1v) is 8.23. The summed E-state index contributed by atoms with van der Waals surface area (Å²) in [7, 11) is 0. The molecule has 1 N–H and O–H groups in total. The number of hydrogen-bond acceptors (Lipinski definition) is 5. The number of hydrogen-bond donors (Lipinski definition) is 1. The van der Waals surface area contributed by atoms with Crippen LogP contribution in [-0.2, 0) is 31.0 Å². The second-order valence-electron chi connectivity index (χ2n) is 5.95. The number of aryl methyl sites for hydroxylation is 1. The molecule has 0 spiro atoms. The zero-order valence-corrected chi connectivity index (χ0v) is 13.7. The number of amides is 1. The Morgan fingerprint density at radius 2 is 2.28 bits per heavy atom. The second-order valence-corrected chi connectivity index (χ2v) is 5.95. The number of carbonyl (C=O) groups excluding carboxylic acids is 1. The minimum atomic E-state index is -0.0467. The third-order valence-corrected chi connectivity index (χ3v) is 4.28. The highest BCUT2D eigenvalue weighted by Crippen LogP contribution is 2.19. The molecule has 3 aromatic rings. The summed E-state index contributed by atoms with van der Waals surface area (Å²) in [5, 5.41) is 6.60. The van der Waals surface area contributed by atoms with Gasteiger partial charge in [-0.1, -0.05) is 0 Å². The fourth-order valence-electron chi connectivity index (χ4n) is 3.00. The molecule has 0 unspecified atom stereocenters. The van der Waals surface area contributed by atoms with Crippen LogP contribution in [0, 0.1) is 0 Å². The summed E-state index contributed by atoms with van der Waals surface area (Å²) in [6.07, 6.45) is 5.92. The zero-order chi connectivity index (χ0) is 17.1. The predicted molar refractivity (Wildman–Crippen MR) is 87.4 cm³/mol. The molecule has 0 saturated heterocycles. The molecule has 0 aliphatic carbocycles. The molecule has 1 aliphatic heterocycles. The van der Waals surface area contributed by atoms with Gasteiger partial charge in [0.1, 0.15) is 18.1 Å². The number of nitrogens with one attached hydrogen (secondary N) is 1. The number of carbonyl (C=O) groups is 1. The van der Waals surface area contributed by atoms with Gasteiger partial charge in [0.15, 0.2) is 0 Å². The number of nitrogens with zero attached hydrogens (tertiary/aromatic N) is 4. The van der Waals surface area contributed by atoms with Gasteiger partial charge in [0.05, 0.1) is 37.1 Å². The first kappa shape index (κ1) is 15.6. The van der Waals surface area contributed by atoms with E-state index in [-0.39, 0.29) is 5.91 Å². The van der Waals surface area contributed by atoms with E-state index in [0.29, 0.717) is 32.0 Å². The Balaban J connectivity index is 1.46. The summed E-state index contributed by atoms with van der Waals surface area (Å²) in [5.74, 6) is 0.732. The van der Waals surface area contributed by atoms with E-state index in [1.165, 1.54) is 0 Å². The van der Waals surface area contributed by atoms with E-state index in [9.17, 15) is 4.79 Å². The van der Waals surface area contributed by atoms with Crippen molar-refractivity contribution in [2.45, 2.75) is 32.7 Å². The highest BCUT2D eigenvalue weighted by atomic mass is 16.5. The third-order valence-electron chi connectivity index (χ3n) is 4.28. The number of rotatable bonds is 5.